The Morgan fingerprint density at radius 3 is 3.00 bits per heavy atom. The van der Waals surface area contributed by atoms with E-state index in [1.54, 1.807) is 0 Å². The molecule has 4 unspecified atom stereocenters. The lowest BCUT2D eigenvalue weighted by molar-refractivity contribution is -0.0580. The number of nitrogens with zero attached hydrogens (tertiary/aromatic N) is 3. The van der Waals surface area contributed by atoms with Gasteiger partial charge in [-0.2, -0.15) is 0 Å². The number of fused-ring (bicyclic) bond motifs is 1. The third-order valence-corrected chi connectivity index (χ3v) is 3.31. The molecule has 1 saturated heterocycles. The van der Waals surface area contributed by atoms with E-state index >= 15 is 0 Å². The number of methoxy groups -OCH3 is 1. The first-order chi connectivity index (χ1) is 9.63. The van der Waals surface area contributed by atoms with Gasteiger partial charge in [-0.3, -0.25) is 9.36 Å². The maximum atomic E-state index is 11.6. The fourth-order valence-electron chi connectivity index (χ4n) is 2.31. The van der Waals surface area contributed by atoms with E-state index in [0.717, 1.165) is 0 Å². The van der Waals surface area contributed by atoms with Crippen molar-refractivity contribution in [2.75, 3.05) is 13.7 Å². The van der Waals surface area contributed by atoms with E-state index in [4.69, 9.17) is 9.47 Å². The van der Waals surface area contributed by atoms with Gasteiger partial charge in [-0.05, 0) is 0 Å². The van der Waals surface area contributed by atoms with E-state index in [0.29, 0.717) is 0 Å². The Kier molecular flexibility index (Phi) is 3.26. The number of ether oxygens (including phenoxy) is 2. The minimum absolute atomic E-state index is 0.146. The highest BCUT2D eigenvalue weighted by molar-refractivity contribution is 5.68. The summed E-state index contributed by atoms with van der Waals surface area (Å²) in [6, 6.07) is 0. The van der Waals surface area contributed by atoms with Crippen LogP contribution >= 0.6 is 0 Å². The summed E-state index contributed by atoms with van der Waals surface area (Å²) in [6.45, 7) is 0.148. The molecule has 1 aliphatic heterocycles. The van der Waals surface area contributed by atoms with Crippen molar-refractivity contribution < 1.29 is 19.7 Å². The number of aromatic nitrogens is 4. The molecule has 3 N–H and O–H groups in total. The summed E-state index contributed by atoms with van der Waals surface area (Å²) >= 11 is 0. The van der Waals surface area contributed by atoms with Crippen LogP contribution in [0, 0.1) is 0 Å². The summed E-state index contributed by atoms with van der Waals surface area (Å²) in [7, 11) is 1.48. The molecule has 0 saturated carbocycles. The number of H-pyrrole nitrogens is 1. The smallest absolute Gasteiger partial charge is 0.278 e. The van der Waals surface area contributed by atoms with Gasteiger partial charge in [0, 0.05) is 7.11 Å². The van der Waals surface area contributed by atoms with Gasteiger partial charge in [-0.15, -0.1) is 0 Å². The van der Waals surface area contributed by atoms with Crippen LogP contribution in [0.5, 0.6) is 0 Å². The van der Waals surface area contributed by atoms with Gasteiger partial charge >= 0.3 is 0 Å². The molecular weight excluding hydrogens is 268 g/mol. The zero-order valence-electron chi connectivity index (χ0n) is 10.6. The highest BCUT2D eigenvalue weighted by Crippen LogP contribution is 2.30. The topological polar surface area (TPSA) is 122 Å². The van der Waals surface area contributed by atoms with Gasteiger partial charge in [0.25, 0.3) is 5.56 Å². The summed E-state index contributed by atoms with van der Waals surface area (Å²) in [6.07, 6.45) is -1.17. The molecule has 2 aromatic heterocycles. The van der Waals surface area contributed by atoms with Crippen molar-refractivity contribution in [1.29, 1.82) is 0 Å². The summed E-state index contributed by atoms with van der Waals surface area (Å²) in [5, 5.41) is 20.0. The Morgan fingerprint density at radius 2 is 2.25 bits per heavy atom. The Balaban J connectivity index is 1.99. The second kappa shape index (κ2) is 4.94. The van der Waals surface area contributed by atoms with E-state index in [9.17, 15) is 15.0 Å². The number of rotatable bonds is 3. The molecule has 0 radical (unpaired) electrons. The third kappa shape index (κ3) is 1.91. The first-order valence-corrected chi connectivity index (χ1v) is 6.04. The largest absolute Gasteiger partial charge is 0.387 e. The van der Waals surface area contributed by atoms with Crippen molar-refractivity contribution in [2.24, 2.45) is 0 Å². The highest BCUT2D eigenvalue weighted by Gasteiger charge is 2.44. The van der Waals surface area contributed by atoms with Crippen molar-refractivity contribution in [2.45, 2.75) is 24.5 Å². The fourth-order valence-corrected chi connectivity index (χ4v) is 2.31. The van der Waals surface area contributed by atoms with Crippen LogP contribution < -0.4 is 5.56 Å². The first-order valence-electron chi connectivity index (χ1n) is 6.04. The molecule has 4 atom stereocenters. The van der Waals surface area contributed by atoms with Crippen molar-refractivity contribution >= 4 is 11.2 Å². The molecule has 1 fully saturated rings. The number of aromatic amines is 1. The minimum Gasteiger partial charge on any atom is -0.387 e. The molecule has 0 amide bonds. The maximum Gasteiger partial charge on any atom is 0.278 e. The summed E-state index contributed by atoms with van der Waals surface area (Å²) in [4.78, 5) is 22.0. The van der Waals surface area contributed by atoms with E-state index in [1.165, 1.54) is 24.3 Å². The fraction of sp³-hybridized carbons (Fsp3) is 0.545. The lowest BCUT2D eigenvalue weighted by Gasteiger charge is -2.16. The van der Waals surface area contributed by atoms with Crippen LogP contribution in [0.3, 0.4) is 0 Å². The number of aliphatic hydroxyl groups is 2. The number of hydrogen-bond acceptors (Lipinski definition) is 7. The Morgan fingerprint density at radius 1 is 1.45 bits per heavy atom. The molecule has 0 aromatic carbocycles. The lowest BCUT2D eigenvalue weighted by atomic mass is 10.1. The third-order valence-electron chi connectivity index (χ3n) is 3.31. The van der Waals surface area contributed by atoms with E-state index in [-0.39, 0.29) is 23.3 Å². The molecule has 0 bridgehead atoms. The summed E-state index contributed by atoms with van der Waals surface area (Å²) in [5.41, 5.74) is 0.0475. The second-order valence-electron chi connectivity index (χ2n) is 4.56. The van der Waals surface area contributed by atoms with Crippen LogP contribution in [0.1, 0.15) is 6.23 Å². The Labute approximate surface area is 112 Å². The van der Waals surface area contributed by atoms with Gasteiger partial charge in [-0.25, -0.2) is 9.97 Å². The van der Waals surface area contributed by atoms with Gasteiger partial charge in [0.1, 0.15) is 18.3 Å². The second-order valence-corrected chi connectivity index (χ2v) is 4.56. The van der Waals surface area contributed by atoms with Crippen LogP contribution in [-0.4, -0.2) is 61.8 Å². The SMILES string of the molecule is COCC1OC(n2cnc3c(=O)[nH]cnc32)C(O)C1O. The van der Waals surface area contributed by atoms with Crippen LogP contribution in [0.2, 0.25) is 0 Å². The molecule has 2 aromatic rings. The van der Waals surface area contributed by atoms with Crippen molar-refractivity contribution in [1.82, 2.24) is 19.5 Å². The van der Waals surface area contributed by atoms with E-state index < -0.39 is 24.5 Å². The molecule has 9 heteroatoms. The van der Waals surface area contributed by atoms with E-state index in [2.05, 4.69) is 15.0 Å². The molecule has 0 aliphatic carbocycles. The number of imidazole rings is 1. The van der Waals surface area contributed by atoms with Gasteiger partial charge < -0.3 is 24.7 Å². The molecule has 3 heterocycles. The Hall–Kier alpha value is -1.81. The standard InChI is InChI=1S/C11H14N4O5/c1-19-2-5-7(16)8(17)11(20-5)15-4-14-6-9(15)12-3-13-10(6)18/h3-5,7-8,11,16-17H,2H2,1H3,(H,12,13,18). The highest BCUT2D eigenvalue weighted by atomic mass is 16.6. The molecule has 0 spiro atoms. The quantitative estimate of drug-likeness (QED) is 0.618. The Bertz CT molecular complexity index is 668. The predicted molar refractivity (Wildman–Crippen MR) is 65.9 cm³/mol. The van der Waals surface area contributed by atoms with Crippen LogP contribution in [-0.2, 0) is 9.47 Å². The van der Waals surface area contributed by atoms with Crippen molar-refractivity contribution in [3.05, 3.63) is 23.0 Å². The van der Waals surface area contributed by atoms with Crippen LogP contribution in [0.4, 0.5) is 0 Å². The molecule has 9 nitrogen and oxygen atoms in total. The monoisotopic (exact) mass is 282 g/mol. The van der Waals surface area contributed by atoms with Crippen LogP contribution in [0.25, 0.3) is 11.2 Å². The lowest BCUT2D eigenvalue weighted by Crippen LogP contribution is -2.33. The maximum absolute atomic E-state index is 11.6. The normalized spacial score (nSPS) is 30.1. The number of nitrogens with one attached hydrogen (secondary N) is 1. The average Bonchev–Trinajstić information content (AvgIpc) is 2.97. The average molecular weight is 282 g/mol. The van der Waals surface area contributed by atoms with Gasteiger partial charge in [0.2, 0.25) is 0 Å². The van der Waals surface area contributed by atoms with Gasteiger partial charge in [0.15, 0.2) is 17.4 Å². The van der Waals surface area contributed by atoms with Crippen molar-refractivity contribution in [3.8, 4) is 0 Å². The van der Waals surface area contributed by atoms with Gasteiger partial charge in [-0.1, -0.05) is 0 Å². The van der Waals surface area contributed by atoms with Gasteiger partial charge in [0.05, 0.1) is 19.3 Å². The van der Waals surface area contributed by atoms with E-state index in [1.807, 2.05) is 0 Å². The summed E-state index contributed by atoms with van der Waals surface area (Å²) < 4.78 is 11.9. The molecule has 3 rings (SSSR count). The molecule has 20 heavy (non-hydrogen) atoms. The molecule has 1 aliphatic rings. The predicted octanol–water partition coefficient (Wildman–Crippen LogP) is -1.61. The van der Waals surface area contributed by atoms with Crippen molar-refractivity contribution in [3.63, 3.8) is 0 Å². The first kappa shape index (κ1) is 13.2. The number of hydrogen-bond donors (Lipinski definition) is 3. The number of aliphatic hydroxyl groups excluding tert-OH is 2. The molecular formula is C11H14N4O5. The molecule has 108 valence electrons. The summed E-state index contributed by atoms with van der Waals surface area (Å²) in [5.74, 6) is 0. The van der Waals surface area contributed by atoms with Crippen LogP contribution in [0.15, 0.2) is 17.4 Å². The minimum atomic E-state index is -1.16. The zero-order chi connectivity index (χ0) is 14.3. The zero-order valence-corrected chi connectivity index (χ0v) is 10.6.